The first-order valence-electron chi connectivity index (χ1n) is 7.66. The highest BCUT2D eigenvalue weighted by molar-refractivity contribution is 7.92. The Kier molecular flexibility index (Phi) is 5.51. The van der Waals surface area contributed by atoms with Crippen molar-refractivity contribution in [2.75, 3.05) is 4.31 Å². The minimum atomic E-state index is -4.16. The second-order valence-corrected chi connectivity index (χ2v) is 8.18. The number of halogens is 3. The van der Waals surface area contributed by atoms with E-state index in [0.717, 1.165) is 10.4 Å². The van der Waals surface area contributed by atoms with Crippen molar-refractivity contribution < 1.29 is 12.8 Å². The average Bonchev–Trinajstić information content (AvgIpc) is 2.62. The van der Waals surface area contributed by atoms with Crippen molar-refractivity contribution in [3.63, 3.8) is 0 Å². The Balaban J connectivity index is 2.13. The lowest BCUT2D eigenvalue weighted by Crippen LogP contribution is -2.31. The van der Waals surface area contributed by atoms with E-state index < -0.39 is 20.7 Å². The molecule has 0 unspecified atom stereocenters. The summed E-state index contributed by atoms with van der Waals surface area (Å²) in [6.45, 7) is -0.0437. The molecule has 26 heavy (non-hydrogen) atoms. The maximum Gasteiger partial charge on any atom is 0.267 e. The smallest absolute Gasteiger partial charge is 0.262 e. The summed E-state index contributed by atoms with van der Waals surface area (Å²) < 4.78 is 41.6. The minimum Gasteiger partial charge on any atom is -0.262 e. The van der Waals surface area contributed by atoms with Crippen molar-refractivity contribution in [1.29, 1.82) is 0 Å². The van der Waals surface area contributed by atoms with Gasteiger partial charge in [0.1, 0.15) is 10.7 Å². The van der Waals surface area contributed by atoms with Crippen LogP contribution in [0.3, 0.4) is 0 Å². The monoisotopic (exact) mass is 409 g/mol. The number of benzene rings is 3. The number of rotatable bonds is 5. The fraction of sp³-hybridized carbons (Fsp3) is 0.0526. The Morgan fingerprint density at radius 1 is 0.846 bits per heavy atom. The van der Waals surface area contributed by atoms with Crippen molar-refractivity contribution in [3.8, 4) is 0 Å². The maximum absolute atomic E-state index is 14.2. The zero-order valence-electron chi connectivity index (χ0n) is 13.4. The van der Waals surface area contributed by atoms with E-state index in [-0.39, 0.29) is 6.54 Å². The number of sulfonamides is 1. The lowest BCUT2D eigenvalue weighted by atomic mass is 10.2. The molecular formula is C19H14Cl2FNO2S. The lowest BCUT2D eigenvalue weighted by molar-refractivity contribution is 0.563. The van der Waals surface area contributed by atoms with Crippen LogP contribution < -0.4 is 4.31 Å². The van der Waals surface area contributed by atoms with Gasteiger partial charge in [-0.1, -0.05) is 53.5 Å². The minimum absolute atomic E-state index is 0.0437. The van der Waals surface area contributed by atoms with Gasteiger partial charge >= 0.3 is 0 Å². The van der Waals surface area contributed by atoms with Gasteiger partial charge in [-0.05, 0) is 48.0 Å². The van der Waals surface area contributed by atoms with E-state index in [2.05, 4.69) is 0 Å². The van der Waals surface area contributed by atoms with Crippen molar-refractivity contribution in [1.82, 2.24) is 0 Å². The molecule has 0 radical (unpaired) electrons. The first kappa shape index (κ1) is 18.7. The summed E-state index contributed by atoms with van der Waals surface area (Å²) in [4.78, 5) is -0.401. The Morgan fingerprint density at radius 3 is 2.12 bits per heavy atom. The van der Waals surface area contributed by atoms with Crippen LogP contribution in [0.25, 0.3) is 0 Å². The fourth-order valence-corrected chi connectivity index (χ4v) is 4.31. The highest BCUT2D eigenvalue weighted by atomic mass is 35.5. The third kappa shape index (κ3) is 3.85. The molecule has 3 aromatic rings. The van der Waals surface area contributed by atoms with Crippen LogP contribution >= 0.6 is 23.2 Å². The summed E-state index contributed by atoms with van der Waals surface area (Å²) in [7, 11) is -4.16. The van der Waals surface area contributed by atoms with Gasteiger partial charge in [-0.25, -0.2) is 12.8 Å². The Bertz CT molecular complexity index is 1020. The highest BCUT2D eigenvalue weighted by Gasteiger charge is 2.28. The van der Waals surface area contributed by atoms with Crippen LogP contribution in [0.15, 0.2) is 77.7 Å². The summed E-state index contributed by atoms with van der Waals surface area (Å²) in [6.07, 6.45) is 0. The highest BCUT2D eigenvalue weighted by Crippen LogP contribution is 2.30. The van der Waals surface area contributed by atoms with Gasteiger partial charge in [0, 0.05) is 10.0 Å². The molecule has 0 spiro atoms. The predicted octanol–water partition coefficient (Wildman–Crippen LogP) is 5.53. The second-order valence-electron chi connectivity index (χ2n) is 5.51. The van der Waals surface area contributed by atoms with Crippen LogP contribution in [0.1, 0.15) is 5.56 Å². The molecule has 0 aliphatic rings. The van der Waals surface area contributed by atoms with Crippen LogP contribution in [0.5, 0.6) is 0 Å². The fourth-order valence-electron chi connectivity index (χ4n) is 2.48. The topological polar surface area (TPSA) is 37.4 Å². The normalized spacial score (nSPS) is 11.3. The third-order valence-corrected chi connectivity index (χ3v) is 6.22. The summed E-state index contributed by atoms with van der Waals surface area (Å²) in [5.41, 5.74) is 0.960. The van der Waals surface area contributed by atoms with E-state index >= 15 is 0 Å². The van der Waals surface area contributed by atoms with Gasteiger partial charge in [-0.15, -0.1) is 0 Å². The molecule has 0 heterocycles. The Hall–Kier alpha value is -2.08. The summed E-state index contributed by atoms with van der Waals surface area (Å²) in [5.74, 6) is -0.814. The largest absolute Gasteiger partial charge is 0.267 e. The van der Waals surface area contributed by atoms with Gasteiger partial charge in [0.2, 0.25) is 0 Å². The molecular weight excluding hydrogens is 396 g/mol. The molecule has 0 saturated carbocycles. The third-order valence-electron chi connectivity index (χ3n) is 3.79. The molecule has 0 bridgehead atoms. The standard InChI is InChI=1S/C19H14Cl2FNO2S/c20-15-9-11-16(12-10-15)23(13-14-5-1-2-6-17(14)21)26(24,25)19-8-4-3-7-18(19)22/h1-12H,13H2. The molecule has 0 aliphatic heterocycles. The van der Waals surface area contributed by atoms with Crippen LogP contribution in [0, 0.1) is 5.82 Å². The molecule has 0 fully saturated rings. The molecule has 3 rings (SSSR count). The number of nitrogens with zero attached hydrogens (tertiary/aromatic N) is 1. The van der Waals surface area contributed by atoms with Gasteiger partial charge in [0.25, 0.3) is 10.0 Å². The summed E-state index contributed by atoms with van der Waals surface area (Å²) in [5, 5.41) is 0.893. The van der Waals surface area contributed by atoms with Crippen molar-refractivity contribution in [3.05, 3.63) is 94.2 Å². The van der Waals surface area contributed by atoms with Crippen LogP contribution in [0.4, 0.5) is 10.1 Å². The molecule has 3 aromatic carbocycles. The molecule has 0 aromatic heterocycles. The quantitative estimate of drug-likeness (QED) is 0.555. The molecule has 0 atom stereocenters. The second kappa shape index (κ2) is 7.66. The van der Waals surface area contributed by atoms with Crippen LogP contribution in [-0.2, 0) is 16.6 Å². The number of hydrogen-bond donors (Lipinski definition) is 0. The number of anilines is 1. The molecule has 7 heteroatoms. The summed E-state index contributed by atoms with van der Waals surface area (Å²) >= 11 is 12.1. The Morgan fingerprint density at radius 2 is 1.46 bits per heavy atom. The van der Waals surface area contributed by atoms with Crippen molar-refractivity contribution >= 4 is 38.9 Å². The van der Waals surface area contributed by atoms with E-state index in [9.17, 15) is 12.8 Å². The van der Waals surface area contributed by atoms with E-state index in [0.29, 0.717) is 21.3 Å². The Labute approximate surface area is 161 Å². The maximum atomic E-state index is 14.2. The number of hydrogen-bond acceptors (Lipinski definition) is 2. The first-order valence-corrected chi connectivity index (χ1v) is 9.85. The molecule has 0 aliphatic carbocycles. The molecule has 0 N–H and O–H groups in total. The molecule has 3 nitrogen and oxygen atoms in total. The van der Waals surface area contributed by atoms with E-state index in [1.54, 1.807) is 48.5 Å². The van der Waals surface area contributed by atoms with E-state index in [4.69, 9.17) is 23.2 Å². The van der Waals surface area contributed by atoms with Crippen molar-refractivity contribution in [2.45, 2.75) is 11.4 Å². The van der Waals surface area contributed by atoms with Gasteiger partial charge in [-0.3, -0.25) is 4.31 Å². The molecule has 0 amide bonds. The van der Waals surface area contributed by atoms with Crippen LogP contribution in [0.2, 0.25) is 10.0 Å². The molecule has 134 valence electrons. The zero-order chi connectivity index (χ0) is 18.7. The SMILES string of the molecule is O=S(=O)(c1ccccc1F)N(Cc1ccccc1Cl)c1ccc(Cl)cc1. The van der Waals surface area contributed by atoms with Gasteiger partial charge in [-0.2, -0.15) is 0 Å². The van der Waals surface area contributed by atoms with Gasteiger partial charge < -0.3 is 0 Å². The molecule has 0 saturated heterocycles. The van der Waals surface area contributed by atoms with Gasteiger partial charge in [0.05, 0.1) is 12.2 Å². The van der Waals surface area contributed by atoms with Crippen LogP contribution in [-0.4, -0.2) is 8.42 Å². The van der Waals surface area contributed by atoms with Crippen molar-refractivity contribution in [2.24, 2.45) is 0 Å². The average molecular weight is 410 g/mol. The summed E-state index contributed by atoms with van der Waals surface area (Å²) in [6, 6.07) is 18.5. The predicted molar refractivity (Wildman–Crippen MR) is 103 cm³/mol. The van der Waals surface area contributed by atoms with E-state index in [1.807, 2.05) is 0 Å². The first-order chi connectivity index (χ1) is 12.4. The van der Waals surface area contributed by atoms with E-state index in [1.165, 1.54) is 18.2 Å². The lowest BCUT2D eigenvalue weighted by Gasteiger charge is -2.25. The zero-order valence-corrected chi connectivity index (χ0v) is 15.8. The van der Waals surface area contributed by atoms with Gasteiger partial charge in [0.15, 0.2) is 0 Å².